The van der Waals surface area contributed by atoms with Gasteiger partial charge >= 0.3 is 15.5 Å². The highest BCUT2D eigenvalue weighted by Crippen LogP contribution is 2.31. The summed E-state index contributed by atoms with van der Waals surface area (Å²) >= 11 is 0. The van der Waals surface area contributed by atoms with E-state index in [1.807, 2.05) is 44.1 Å². The maximum Gasteiger partial charge on any atom is 0.511 e. The number of alkyl halides is 3. The SMILES string of the molecule is C=C/C(=C\C=C/C)CC[C@H]1CN(S(=O)(=O)C(F)(F)F)CC2=CCCC=C2N1.C=O. The zero-order chi connectivity index (χ0) is 22.1. The van der Waals surface area contributed by atoms with Crippen molar-refractivity contribution in [3.8, 4) is 0 Å². The molecule has 2 aliphatic rings. The van der Waals surface area contributed by atoms with Crippen LogP contribution in [-0.2, 0) is 14.8 Å². The van der Waals surface area contributed by atoms with Gasteiger partial charge in [0.25, 0.3) is 0 Å². The van der Waals surface area contributed by atoms with Crippen LogP contribution in [-0.4, -0.2) is 44.2 Å². The molecule has 0 aromatic carbocycles. The standard InChI is InChI=1S/C19H25F3N2O2S.CH2O/c1-3-5-8-15(4-2)11-12-17-14-24(27(25,26)19(20,21)22)13-16-9-6-7-10-18(16)23-17;1-2/h3-5,8-10,17,23H,2,6-7,11-14H2,1H3;1H2/b5-3-,15-8+;/t17-;/m0./s1. The highest BCUT2D eigenvalue weighted by atomic mass is 32.2. The lowest BCUT2D eigenvalue weighted by molar-refractivity contribution is -0.0980. The van der Waals surface area contributed by atoms with Crippen molar-refractivity contribution in [2.75, 3.05) is 13.1 Å². The minimum atomic E-state index is -5.39. The summed E-state index contributed by atoms with van der Waals surface area (Å²) in [5.74, 6) is 0. The highest BCUT2D eigenvalue weighted by molar-refractivity contribution is 7.90. The van der Waals surface area contributed by atoms with Crippen molar-refractivity contribution in [2.24, 2.45) is 0 Å². The maximum atomic E-state index is 13.1. The predicted octanol–water partition coefficient (Wildman–Crippen LogP) is 4.00. The van der Waals surface area contributed by atoms with Crippen LogP contribution in [0, 0.1) is 0 Å². The van der Waals surface area contributed by atoms with E-state index < -0.39 is 21.6 Å². The number of allylic oxidation sites excluding steroid dienone is 7. The average Bonchev–Trinajstić information content (AvgIpc) is 2.88. The first-order valence-electron chi connectivity index (χ1n) is 9.14. The van der Waals surface area contributed by atoms with Crippen molar-refractivity contribution in [3.05, 3.63) is 59.9 Å². The Morgan fingerprint density at radius 1 is 1.31 bits per heavy atom. The molecule has 0 unspecified atom stereocenters. The van der Waals surface area contributed by atoms with Crippen LogP contribution in [0.2, 0.25) is 0 Å². The summed E-state index contributed by atoms with van der Waals surface area (Å²) in [7, 11) is -5.39. The third-order valence-corrected chi connectivity index (χ3v) is 6.10. The zero-order valence-electron chi connectivity index (χ0n) is 16.4. The van der Waals surface area contributed by atoms with Crippen molar-refractivity contribution in [2.45, 2.75) is 44.2 Å². The van der Waals surface area contributed by atoms with Crippen LogP contribution < -0.4 is 5.32 Å². The molecule has 0 bridgehead atoms. The Morgan fingerprint density at radius 2 is 1.97 bits per heavy atom. The van der Waals surface area contributed by atoms with Crippen LogP contribution in [0.4, 0.5) is 13.2 Å². The minimum absolute atomic E-state index is 0.232. The molecule has 1 atom stereocenters. The van der Waals surface area contributed by atoms with Gasteiger partial charge in [0.15, 0.2) is 0 Å². The fourth-order valence-electron chi connectivity index (χ4n) is 3.10. The van der Waals surface area contributed by atoms with Gasteiger partial charge in [0, 0.05) is 24.8 Å². The molecule has 2 rings (SSSR count). The fourth-order valence-corrected chi connectivity index (χ4v) is 4.08. The molecule has 0 radical (unpaired) electrons. The Hall–Kier alpha value is -2.13. The van der Waals surface area contributed by atoms with Crippen molar-refractivity contribution in [3.63, 3.8) is 0 Å². The number of fused-ring (bicyclic) bond motifs is 1. The summed E-state index contributed by atoms with van der Waals surface area (Å²) in [5, 5.41) is 3.25. The van der Waals surface area contributed by atoms with Gasteiger partial charge in [-0.15, -0.1) is 0 Å². The van der Waals surface area contributed by atoms with Gasteiger partial charge in [-0.1, -0.05) is 43.0 Å². The molecule has 1 aliphatic carbocycles. The fraction of sp³-hybridized carbons (Fsp3) is 0.450. The Kier molecular flexibility index (Phi) is 9.58. The average molecular weight is 433 g/mol. The molecule has 0 spiro atoms. The second kappa shape index (κ2) is 11.2. The zero-order valence-corrected chi connectivity index (χ0v) is 17.2. The first-order chi connectivity index (χ1) is 13.7. The van der Waals surface area contributed by atoms with Crippen LogP contribution in [0.1, 0.15) is 32.6 Å². The number of hydrogen-bond acceptors (Lipinski definition) is 4. The van der Waals surface area contributed by atoms with E-state index >= 15 is 0 Å². The van der Waals surface area contributed by atoms with Gasteiger partial charge in [-0.05, 0) is 43.8 Å². The Labute approximate surface area is 170 Å². The Morgan fingerprint density at radius 3 is 2.55 bits per heavy atom. The van der Waals surface area contributed by atoms with E-state index in [1.165, 1.54) is 0 Å². The van der Waals surface area contributed by atoms with Crippen molar-refractivity contribution in [1.29, 1.82) is 0 Å². The molecule has 0 amide bonds. The van der Waals surface area contributed by atoms with E-state index in [1.54, 1.807) is 6.08 Å². The number of nitrogens with one attached hydrogen (secondary N) is 1. The van der Waals surface area contributed by atoms with Crippen LogP contribution in [0.25, 0.3) is 0 Å². The third-order valence-electron chi connectivity index (χ3n) is 4.56. The summed E-state index contributed by atoms with van der Waals surface area (Å²) in [6.07, 6.45) is 13.6. The van der Waals surface area contributed by atoms with E-state index in [0.29, 0.717) is 29.1 Å². The molecule has 1 saturated heterocycles. The van der Waals surface area contributed by atoms with Gasteiger partial charge < -0.3 is 10.1 Å². The minimum Gasteiger partial charge on any atom is -0.381 e. The van der Waals surface area contributed by atoms with E-state index in [2.05, 4.69) is 11.9 Å². The third kappa shape index (κ3) is 6.71. The topological polar surface area (TPSA) is 66.5 Å². The molecule has 1 fully saturated rings. The van der Waals surface area contributed by atoms with Crippen LogP contribution in [0.15, 0.2) is 59.9 Å². The van der Waals surface area contributed by atoms with Gasteiger partial charge in [-0.3, -0.25) is 0 Å². The summed E-state index contributed by atoms with van der Waals surface area (Å²) in [5.41, 5.74) is -3.02. The number of nitrogens with zero attached hydrogens (tertiary/aromatic N) is 1. The first kappa shape index (κ1) is 24.9. The second-order valence-corrected chi connectivity index (χ2v) is 8.45. The molecule has 1 heterocycles. The number of sulfonamides is 1. The smallest absolute Gasteiger partial charge is 0.381 e. The van der Waals surface area contributed by atoms with Gasteiger partial charge in [0.05, 0.1) is 0 Å². The summed E-state index contributed by atoms with van der Waals surface area (Å²) < 4.78 is 63.8. The lowest BCUT2D eigenvalue weighted by Gasteiger charge is -2.25. The molecule has 5 nitrogen and oxygen atoms in total. The molecule has 0 aromatic rings. The molecule has 162 valence electrons. The Balaban J connectivity index is 0.00000204. The monoisotopic (exact) mass is 432 g/mol. The molecule has 0 saturated carbocycles. The van der Waals surface area contributed by atoms with Gasteiger partial charge in [-0.25, -0.2) is 8.42 Å². The van der Waals surface area contributed by atoms with Crippen LogP contribution in [0.3, 0.4) is 0 Å². The molecule has 0 aromatic heterocycles. The van der Waals surface area contributed by atoms with Crippen molar-refractivity contribution < 1.29 is 26.4 Å². The van der Waals surface area contributed by atoms with Crippen molar-refractivity contribution in [1.82, 2.24) is 9.62 Å². The number of carbonyl (C=O) groups excluding carboxylic acids is 1. The number of rotatable bonds is 6. The first-order valence-corrected chi connectivity index (χ1v) is 10.6. The molecular weight excluding hydrogens is 405 g/mol. The lowest BCUT2D eigenvalue weighted by atomic mass is 10.0. The molecule has 1 aliphatic heterocycles. The predicted molar refractivity (Wildman–Crippen MR) is 108 cm³/mol. The lowest BCUT2D eigenvalue weighted by Crippen LogP contribution is -2.45. The second-order valence-electron chi connectivity index (χ2n) is 6.52. The number of hydrogen-bond donors (Lipinski definition) is 1. The van der Waals surface area contributed by atoms with E-state index in [0.717, 1.165) is 17.7 Å². The van der Waals surface area contributed by atoms with Gasteiger partial charge in [-0.2, -0.15) is 17.5 Å². The van der Waals surface area contributed by atoms with Crippen LogP contribution in [0.5, 0.6) is 0 Å². The molecular formula is C20H27F3N2O3S. The number of halogens is 3. The quantitative estimate of drug-likeness (QED) is 0.645. The van der Waals surface area contributed by atoms with E-state index in [4.69, 9.17) is 4.79 Å². The van der Waals surface area contributed by atoms with E-state index in [-0.39, 0.29) is 13.1 Å². The molecule has 9 heteroatoms. The summed E-state index contributed by atoms with van der Waals surface area (Å²) in [6.45, 7) is 7.14. The normalized spacial score (nSPS) is 21.1. The van der Waals surface area contributed by atoms with Crippen molar-refractivity contribution >= 4 is 16.8 Å². The Bertz CT molecular complexity index is 796. The molecule has 1 N–H and O–H groups in total. The van der Waals surface area contributed by atoms with Crippen LogP contribution >= 0.6 is 0 Å². The van der Waals surface area contributed by atoms with E-state index in [9.17, 15) is 21.6 Å². The summed E-state index contributed by atoms with van der Waals surface area (Å²) in [4.78, 5) is 8.00. The molecule has 29 heavy (non-hydrogen) atoms. The summed E-state index contributed by atoms with van der Waals surface area (Å²) in [6, 6.07) is -0.425. The highest BCUT2D eigenvalue weighted by Gasteiger charge is 2.51. The van der Waals surface area contributed by atoms with Gasteiger partial charge in [0.2, 0.25) is 0 Å². The van der Waals surface area contributed by atoms with Gasteiger partial charge in [0.1, 0.15) is 6.79 Å². The maximum absolute atomic E-state index is 13.1. The number of carbonyl (C=O) groups is 1. The largest absolute Gasteiger partial charge is 0.511 e.